The van der Waals surface area contributed by atoms with Crippen molar-refractivity contribution in [1.82, 2.24) is 5.01 Å². The summed E-state index contributed by atoms with van der Waals surface area (Å²) in [7, 11) is 0. The Hall–Kier alpha value is -0.0800. The highest BCUT2D eigenvalue weighted by Crippen LogP contribution is 2.06. The fourth-order valence-corrected chi connectivity index (χ4v) is 0.258. The highest BCUT2D eigenvalue weighted by atomic mass is 15.5. The molecule has 1 aliphatic rings. The van der Waals surface area contributed by atoms with Gasteiger partial charge in [-0.15, -0.1) is 0 Å². The SMILES string of the molecule is C[C@@H]1CN1N. The maximum absolute atomic E-state index is 5.20. The normalized spacial score (nSPS) is 49.2. The minimum atomic E-state index is 0.662. The second-order valence-corrected chi connectivity index (χ2v) is 1.55. The van der Waals surface area contributed by atoms with E-state index in [1.807, 2.05) is 0 Å². The summed E-state index contributed by atoms with van der Waals surface area (Å²) in [5, 5.41) is 1.79. The first-order valence-corrected chi connectivity index (χ1v) is 1.82. The van der Waals surface area contributed by atoms with E-state index in [4.69, 9.17) is 5.84 Å². The Morgan fingerprint density at radius 2 is 2.20 bits per heavy atom. The van der Waals surface area contributed by atoms with E-state index in [-0.39, 0.29) is 0 Å². The lowest BCUT2D eigenvalue weighted by atomic mass is 10.6. The molecule has 30 valence electrons. The van der Waals surface area contributed by atoms with Gasteiger partial charge in [-0.05, 0) is 6.92 Å². The van der Waals surface area contributed by atoms with E-state index in [1.54, 1.807) is 5.01 Å². The van der Waals surface area contributed by atoms with Gasteiger partial charge < -0.3 is 0 Å². The summed E-state index contributed by atoms with van der Waals surface area (Å²) in [6, 6.07) is 0.662. The first kappa shape index (κ1) is 3.12. The van der Waals surface area contributed by atoms with Gasteiger partial charge >= 0.3 is 0 Å². The quantitative estimate of drug-likeness (QED) is 0.310. The monoisotopic (exact) mass is 72.1 g/mol. The van der Waals surface area contributed by atoms with E-state index < -0.39 is 0 Å². The zero-order valence-electron chi connectivity index (χ0n) is 3.31. The summed E-state index contributed by atoms with van der Waals surface area (Å²) < 4.78 is 0. The van der Waals surface area contributed by atoms with Gasteiger partial charge in [0.2, 0.25) is 0 Å². The smallest absolute Gasteiger partial charge is 0.0354 e. The van der Waals surface area contributed by atoms with Gasteiger partial charge in [0.25, 0.3) is 0 Å². The maximum atomic E-state index is 5.20. The molecule has 0 aromatic heterocycles. The maximum Gasteiger partial charge on any atom is 0.0354 e. The summed E-state index contributed by atoms with van der Waals surface area (Å²) in [6.45, 7) is 3.18. The third-order valence-electron chi connectivity index (χ3n) is 0.908. The van der Waals surface area contributed by atoms with Crippen LogP contribution < -0.4 is 5.84 Å². The van der Waals surface area contributed by atoms with Crippen LogP contribution in [0.3, 0.4) is 0 Å². The molecular formula is C3H8N2. The summed E-state index contributed by atoms with van der Waals surface area (Å²) in [4.78, 5) is 0. The molecule has 2 N–H and O–H groups in total. The molecule has 0 bridgehead atoms. The number of nitrogens with zero attached hydrogens (tertiary/aromatic N) is 1. The van der Waals surface area contributed by atoms with Crippen LogP contribution in [0.5, 0.6) is 0 Å². The molecule has 1 rings (SSSR count). The minimum absolute atomic E-state index is 0.662. The molecule has 0 saturated carbocycles. The van der Waals surface area contributed by atoms with Crippen LogP contribution in [0.1, 0.15) is 6.92 Å². The highest BCUT2D eigenvalue weighted by molar-refractivity contribution is 4.77. The lowest BCUT2D eigenvalue weighted by Gasteiger charge is -1.76. The Morgan fingerprint density at radius 1 is 2.00 bits per heavy atom. The third-order valence-corrected chi connectivity index (χ3v) is 0.908. The number of hydrogen-bond acceptors (Lipinski definition) is 2. The van der Waals surface area contributed by atoms with Crippen molar-refractivity contribution in [2.45, 2.75) is 13.0 Å². The molecule has 0 spiro atoms. The van der Waals surface area contributed by atoms with Crippen molar-refractivity contribution in [3.8, 4) is 0 Å². The Morgan fingerprint density at radius 3 is 2.20 bits per heavy atom. The average molecular weight is 72.1 g/mol. The molecule has 0 amide bonds. The van der Waals surface area contributed by atoms with E-state index in [0.29, 0.717) is 6.04 Å². The topological polar surface area (TPSA) is 29.0 Å². The van der Waals surface area contributed by atoms with Crippen molar-refractivity contribution in [3.63, 3.8) is 0 Å². The van der Waals surface area contributed by atoms with Crippen molar-refractivity contribution in [3.05, 3.63) is 0 Å². The zero-order chi connectivity index (χ0) is 3.86. The van der Waals surface area contributed by atoms with E-state index in [2.05, 4.69) is 6.92 Å². The molecule has 2 nitrogen and oxygen atoms in total. The van der Waals surface area contributed by atoms with Gasteiger partial charge in [-0.2, -0.15) is 0 Å². The Labute approximate surface area is 31.5 Å². The predicted molar refractivity (Wildman–Crippen MR) is 20.4 cm³/mol. The van der Waals surface area contributed by atoms with Crippen LogP contribution in [-0.2, 0) is 0 Å². The average Bonchev–Trinajstić information content (AvgIpc) is 1.79. The van der Waals surface area contributed by atoms with Gasteiger partial charge in [-0.1, -0.05) is 0 Å². The van der Waals surface area contributed by atoms with Crippen LogP contribution in [0.2, 0.25) is 0 Å². The van der Waals surface area contributed by atoms with Gasteiger partial charge in [0.15, 0.2) is 0 Å². The molecule has 1 heterocycles. The number of rotatable bonds is 0. The van der Waals surface area contributed by atoms with Crippen LogP contribution >= 0.6 is 0 Å². The minimum Gasteiger partial charge on any atom is -0.268 e. The molecule has 0 aromatic rings. The summed E-state index contributed by atoms with van der Waals surface area (Å²) in [5.74, 6) is 5.20. The van der Waals surface area contributed by atoms with Crippen molar-refractivity contribution >= 4 is 0 Å². The fourth-order valence-electron chi connectivity index (χ4n) is 0.258. The molecule has 0 radical (unpaired) electrons. The van der Waals surface area contributed by atoms with Crippen molar-refractivity contribution < 1.29 is 0 Å². The molecule has 0 aromatic carbocycles. The molecule has 1 saturated heterocycles. The van der Waals surface area contributed by atoms with Crippen LogP contribution in [0, 0.1) is 0 Å². The Balaban J connectivity index is 2.20. The van der Waals surface area contributed by atoms with E-state index in [0.717, 1.165) is 6.54 Å². The number of hydrazine groups is 1. The van der Waals surface area contributed by atoms with Crippen LogP contribution in [0.25, 0.3) is 0 Å². The number of nitrogens with two attached hydrogens (primary N) is 1. The standard InChI is InChI=1S/C3H8N2/c1-3-2-5(3)4/h3H,2,4H2,1H3/t3-,5?/m1/s1. The lowest BCUT2D eigenvalue weighted by molar-refractivity contribution is 0.554. The summed E-state index contributed by atoms with van der Waals surface area (Å²) >= 11 is 0. The van der Waals surface area contributed by atoms with Crippen LogP contribution in [0.15, 0.2) is 0 Å². The van der Waals surface area contributed by atoms with Gasteiger partial charge in [0.05, 0.1) is 0 Å². The summed E-state index contributed by atoms with van der Waals surface area (Å²) in [5.41, 5.74) is 0. The van der Waals surface area contributed by atoms with E-state index in [1.165, 1.54) is 0 Å². The molecule has 2 heteroatoms. The van der Waals surface area contributed by atoms with Crippen molar-refractivity contribution in [2.75, 3.05) is 6.54 Å². The molecule has 1 unspecified atom stereocenters. The first-order chi connectivity index (χ1) is 2.30. The van der Waals surface area contributed by atoms with Crippen molar-refractivity contribution in [1.29, 1.82) is 0 Å². The molecule has 1 aliphatic heterocycles. The Kier molecular flexibility index (Phi) is 0.436. The van der Waals surface area contributed by atoms with Crippen LogP contribution in [0.4, 0.5) is 0 Å². The number of hydrogen-bond donors (Lipinski definition) is 1. The lowest BCUT2D eigenvalue weighted by Crippen LogP contribution is -2.06. The second kappa shape index (κ2) is 0.698. The van der Waals surface area contributed by atoms with Gasteiger partial charge in [-0.25, -0.2) is 5.01 Å². The molecule has 0 aliphatic carbocycles. The van der Waals surface area contributed by atoms with Gasteiger partial charge in [0, 0.05) is 12.6 Å². The molecular weight excluding hydrogens is 64.0 g/mol. The predicted octanol–water partition coefficient (Wildman–Crippen LogP) is -0.436. The van der Waals surface area contributed by atoms with Gasteiger partial charge in [0.1, 0.15) is 0 Å². The second-order valence-electron chi connectivity index (χ2n) is 1.55. The molecule has 1 fully saturated rings. The molecule has 2 atom stereocenters. The Bertz CT molecular complexity index is 38.2. The van der Waals surface area contributed by atoms with E-state index >= 15 is 0 Å². The van der Waals surface area contributed by atoms with Gasteiger partial charge in [-0.3, -0.25) is 5.84 Å². The van der Waals surface area contributed by atoms with Crippen LogP contribution in [-0.4, -0.2) is 17.6 Å². The van der Waals surface area contributed by atoms with E-state index in [9.17, 15) is 0 Å². The highest BCUT2D eigenvalue weighted by Gasteiger charge is 2.23. The third kappa shape index (κ3) is 0.412. The summed E-state index contributed by atoms with van der Waals surface area (Å²) in [6.07, 6.45) is 0. The largest absolute Gasteiger partial charge is 0.268 e. The van der Waals surface area contributed by atoms with Crippen molar-refractivity contribution in [2.24, 2.45) is 5.84 Å². The zero-order valence-corrected chi connectivity index (χ0v) is 3.31. The first-order valence-electron chi connectivity index (χ1n) is 1.82. The fraction of sp³-hybridized carbons (Fsp3) is 1.00. The molecule has 5 heavy (non-hydrogen) atoms.